The quantitative estimate of drug-likeness (QED) is 0.592. The fourth-order valence-corrected chi connectivity index (χ4v) is 1.17. The maximum Gasteiger partial charge on any atom is 0.241 e. The molecule has 80 valence electrons. The monoisotopic (exact) mass is 199 g/mol. The van der Waals surface area contributed by atoms with Crippen molar-refractivity contribution in [3.05, 3.63) is 0 Å². The number of rotatable bonds is 5. The van der Waals surface area contributed by atoms with Crippen LogP contribution in [0.1, 0.15) is 12.8 Å². The van der Waals surface area contributed by atoms with E-state index in [1.807, 2.05) is 0 Å². The lowest BCUT2D eigenvalue weighted by atomic mass is 10.4. The molecule has 1 aliphatic rings. The van der Waals surface area contributed by atoms with E-state index in [0.29, 0.717) is 5.92 Å². The molecule has 2 amide bonds. The summed E-state index contributed by atoms with van der Waals surface area (Å²) in [6.07, 6.45) is 2.43. The number of carbonyl (C=O) groups excluding carboxylic acids is 2. The minimum absolute atomic E-state index is 0.0548. The smallest absolute Gasteiger partial charge is 0.241 e. The molecule has 14 heavy (non-hydrogen) atoms. The first-order valence-electron chi connectivity index (χ1n) is 4.84. The minimum atomic E-state index is -0.293. The lowest BCUT2D eigenvalue weighted by Gasteiger charge is -2.16. The molecule has 5 nitrogen and oxygen atoms in total. The van der Waals surface area contributed by atoms with Gasteiger partial charge in [0.2, 0.25) is 11.8 Å². The van der Waals surface area contributed by atoms with Crippen LogP contribution >= 0.6 is 0 Å². The molecule has 5 heteroatoms. The SMILES string of the molecule is CN(CC1CC1)C(=O)CNC(=O)CN. The van der Waals surface area contributed by atoms with Crippen LogP contribution in [0, 0.1) is 5.92 Å². The van der Waals surface area contributed by atoms with Crippen LogP contribution in [0.2, 0.25) is 0 Å². The summed E-state index contributed by atoms with van der Waals surface area (Å²) in [5.41, 5.74) is 5.09. The second kappa shape index (κ2) is 4.95. The Balaban J connectivity index is 2.15. The first kappa shape index (κ1) is 11.0. The van der Waals surface area contributed by atoms with Gasteiger partial charge in [-0.25, -0.2) is 0 Å². The number of amides is 2. The Morgan fingerprint density at radius 1 is 1.50 bits per heavy atom. The average Bonchev–Trinajstić information content (AvgIpc) is 2.97. The van der Waals surface area contributed by atoms with Crippen molar-refractivity contribution in [2.45, 2.75) is 12.8 Å². The second-order valence-corrected chi connectivity index (χ2v) is 3.70. The number of nitrogens with two attached hydrogens (primary N) is 1. The van der Waals surface area contributed by atoms with Gasteiger partial charge in [0, 0.05) is 13.6 Å². The van der Waals surface area contributed by atoms with E-state index in [1.54, 1.807) is 11.9 Å². The molecule has 0 aromatic heterocycles. The van der Waals surface area contributed by atoms with Crippen molar-refractivity contribution in [1.29, 1.82) is 0 Å². The Kier molecular flexibility index (Phi) is 3.88. The lowest BCUT2D eigenvalue weighted by molar-refractivity contribution is -0.131. The number of hydrogen-bond donors (Lipinski definition) is 2. The molecular weight excluding hydrogens is 182 g/mol. The van der Waals surface area contributed by atoms with Crippen molar-refractivity contribution in [2.24, 2.45) is 11.7 Å². The van der Waals surface area contributed by atoms with E-state index >= 15 is 0 Å². The highest BCUT2D eigenvalue weighted by Crippen LogP contribution is 2.29. The van der Waals surface area contributed by atoms with Crippen LogP contribution in [0.3, 0.4) is 0 Å². The van der Waals surface area contributed by atoms with E-state index < -0.39 is 0 Å². The van der Waals surface area contributed by atoms with Crippen LogP contribution in [0.25, 0.3) is 0 Å². The van der Waals surface area contributed by atoms with Crippen LogP contribution in [0.4, 0.5) is 0 Å². The Labute approximate surface area is 83.6 Å². The van der Waals surface area contributed by atoms with Gasteiger partial charge >= 0.3 is 0 Å². The third-order valence-corrected chi connectivity index (χ3v) is 2.28. The predicted molar refractivity (Wildman–Crippen MR) is 52.4 cm³/mol. The van der Waals surface area contributed by atoms with Gasteiger partial charge in [0.1, 0.15) is 0 Å². The Bertz CT molecular complexity index is 226. The third kappa shape index (κ3) is 3.74. The molecule has 0 spiro atoms. The fourth-order valence-electron chi connectivity index (χ4n) is 1.17. The molecular formula is C9H17N3O2. The van der Waals surface area contributed by atoms with E-state index in [2.05, 4.69) is 5.32 Å². The molecule has 3 N–H and O–H groups in total. The number of nitrogens with zero attached hydrogens (tertiary/aromatic N) is 1. The van der Waals surface area contributed by atoms with Gasteiger partial charge in [-0.15, -0.1) is 0 Å². The van der Waals surface area contributed by atoms with E-state index in [0.717, 1.165) is 6.54 Å². The summed E-state index contributed by atoms with van der Waals surface area (Å²) < 4.78 is 0. The highest BCUT2D eigenvalue weighted by Gasteiger charge is 2.24. The van der Waals surface area contributed by atoms with Crippen molar-refractivity contribution in [2.75, 3.05) is 26.7 Å². The largest absolute Gasteiger partial charge is 0.346 e. The molecule has 0 heterocycles. The zero-order valence-corrected chi connectivity index (χ0v) is 8.45. The first-order chi connectivity index (χ1) is 6.63. The predicted octanol–water partition coefficient (Wildman–Crippen LogP) is -1.07. The van der Waals surface area contributed by atoms with E-state index in [9.17, 15) is 9.59 Å². The van der Waals surface area contributed by atoms with Gasteiger partial charge in [0.15, 0.2) is 0 Å². The Hall–Kier alpha value is -1.10. The van der Waals surface area contributed by atoms with Crippen molar-refractivity contribution < 1.29 is 9.59 Å². The van der Waals surface area contributed by atoms with E-state index in [1.165, 1.54) is 12.8 Å². The Morgan fingerprint density at radius 3 is 2.64 bits per heavy atom. The number of likely N-dealkylation sites (N-methyl/N-ethyl adjacent to an activating group) is 1. The minimum Gasteiger partial charge on any atom is -0.346 e. The molecule has 1 rings (SSSR count). The molecule has 1 fully saturated rings. The summed E-state index contributed by atoms with van der Waals surface area (Å²) in [7, 11) is 1.76. The number of hydrogen-bond acceptors (Lipinski definition) is 3. The normalized spacial score (nSPS) is 15.0. The summed E-state index contributed by atoms with van der Waals surface area (Å²) in [6, 6.07) is 0. The summed E-state index contributed by atoms with van der Waals surface area (Å²) >= 11 is 0. The summed E-state index contributed by atoms with van der Waals surface area (Å²) in [5, 5.41) is 2.45. The Morgan fingerprint density at radius 2 is 2.14 bits per heavy atom. The van der Waals surface area contributed by atoms with Crippen molar-refractivity contribution in [3.8, 4) is 0 Å². The van der Waals surface area contributed by atoms with Crippen LogP contribution in [-0.4, -0.2) is 43.4 Å². The van der Waals surface area contributed by atoms with Crippen LogP contribution < -0.4 is 11.1 Å². The number of carbonyl (C=O) groups is 2. The zero-order chi connectivity index (χ0) is 10.6. The van der Waals surface area contributed by atoms with Gasteiger partial charge in [-0.2, -0.15) is 0 Å². The molecule has 0 atom stereocenters. The van der Waals surface area contributed by atoms with Gasteiger partial charge in [-0.05, 0) is 18.8 Å². The molecule has 0 saturated heterocycles. The third-order valence-electron chi connectivity index (χ3n) is 2.28. The molecule has 0 aliphatic heterocycles. The van der Waals surface area contributed by atoms with Gasteiger partial charge in [0.25, 0.3) is 0 Å². The van der Waals surface area contributed by atoms with Crippen molar-refractivity contribution in [3.63, 3.8) is 0 Å². The fraction of sp³-hybridized carbons (Fsp3) is 0.778. The van der Waals surface area contributed by atoms with Gasteiger partial charge < -0.3 is 16.0 Å². The molecule has 0 radical (unpaired) electrons. The average molecular weight is 199 g/mol. The summed E-state index contributed by atoms with van der Waals surface area (Å²) in [5.74, 6) is 0.325. The topological polar surface area (TPSA) is 75.4 Å². The summed E-state index contributed by atoms with van der Waals surface area (Å²) in [6.45, 7) is 0.788. The first-order valence-corrected chi connectivity index (χ1v) is 4.84. The highest BCUT2D eigenvalue weighted by atomic mass is 16.2. The maximum atomic E-state index is 11.4. The van der Waals surface area contributed by atoms with Gasteiger partial charge in [-0.1, -0.05) is 0 Å². The van der Waals surface area contributed by atoms with Crippen molar-refractivity contribution >= 4 is 11.8 Å². The molecule has 1 saturated carbocycles. The zero-order valence-electron chi connectivity index (χ0n) is 8.45. The van der Waals surface area contributed by atoms with Crippen LogP contribution in [-0.2, 0) is 9.59 Å². The van der Waals surface area contributed by atoms with E-state index in [-0.39, 0.29) is 24.9 Å². The second-order valence-electron chi connectivity index (χ2n) is 3.70. The van der Waals surface area contributed by atoms with Crippen LogP contribution in [0.5, 0.6) is 0 Å². The van der Waals surface area contributed by atoms with Gasteiger partial charge in [-0.3, -0.25) is 9.59 Å². The van der Waals surface area contributed by atoms with Crippen molar-refractivity contribution in [1.82, 2.24) is 10.2 Å². The number of nitrogens with one attached hydrogen (secondary N) is 1. The highest BCUT2D eigenvalue weighted by molar-refractivity contribution is 5.85. The molecule has 0 unspecified atom stereocenters. The molecule has 1 aliphatic carbocycles. The van der Waals surface area contributed by atoms with E-state index in [4.69, 9.17) is 5.73 Å². The maximum absolute atomic E-state index is 11.4. The van der Waals surface area contributed by atoms with Gasteiger partial charge in [0.05, 0.1) is 13.1 Å². The molecule has 0 bridgehead atoms. The molecule has 0 aromatic rings. The lowest BCUT2D eigenvalue weighted by Crippen LogP contribution is -2.40. The standard InChI is InChI=1S/C9H17N3O2/c1-12(6-7-2-3-7)9(14)5-11-8(13)4-10/h7H,2-6,10H2,1H3,(H,11,13). The van der Waals surface area contributed by atoms with Crippen LogP contribution in [0.15, 0.2) is 0 Å². The molecule has 0 aromatic carbocycles. The summed E-state index contributed by atoms with van der Waals surface area (Å²) in [4.78, 5) is 23.8.